The first-order valence-electron chi connectivity index (χ1n) is 14.9. The fourth-order valence-electron chi connectivity index (χ4n) is 6.34. The van der Waals surface area contributed by atoms with Crippen molar-refractivity contribution in [3.8, 4) is 16.8 Å². The van der Waals surface area contributed by atoms with Crippen LogP contribution in [0, 0.1) is 0 Å². The molecule has 0 radical (unpaired) electrons. The van der Waals surface area contributed by atoms with Gasteiger partial charge in [-0.3, -0.25) is 5.32 Å². The Morgan fingerprint density at radius 1 is 0.442 bits per heavy atom. The Morgan fingerprint density at radius 3 is 1.63 bits per heavy atom. The van der Waals surface area contributed by atoms with Crippen molar-refractivity contribution in [1.29, 1.82) is 0 Å². The van der Waals surface area contributed by atoms with Gasteiger partial charge >= 0.3 is 0 Å². The van der Waals surface area contributed by atoms with Crippen LogP contribution in [0.5, 0.6) is 0 Å². The van der Waals surface area contributed by atoms with Crippen molar-refractivity contribution in [2.75, 3.05) is 0 Å². The Hall–Kier alpha value is -5.38. The lowest BCUT2D eigenvalue weighted by molar-refractivity contribution is 0.442. The largest absolute Gasteiger partial charge is 0.366 e. The summed E-state index contributed by atoms with van der Waals surface area (Å²) >= 11 is 0. The standard InChI is InChI=1S/C40H31N3/c1-3-11-28(12-4-1)29-19-21-30(22-20-29)36-27-37(42-40(41-36)32-13-5-2-6-14-32)31-23-25-33(26-24-31)43-38-17-9-7-15-34(38)35-16-8-10-18-39(35)43/h1-27,36,40-42H. The van der Waals surface area contributed by atoms with Gasteiger partial charge < -0.3 is 9.88 Å². The van der Waals surface area contributed by atoms with Gasteiger partial charge in [0.1, 0.15) is 6.17 Å². The second-order valence-corrected chi connectivity index (χ2v) is 11.1. The van der Waals surface area contributed by atoms with Crippen LogP contribution >= 0.6 is 0 Å². The molecule has 7 aromatic rings. The van der Waals surface area contributed by atoms with Crippen molar-refractivity contribution in [2.24, 2.45) is 0 Å². The molecule has 0 amide bonds. The molecule has 3 heteroatoms. The quantitative estimate of drug-likeness (QED) is 0.222. The zero-order valence-corrected chi connectivity index (χ0v) is 23.7. The molecule has 1 aliphatic rings. The summed E-state index contributed by atoms with van der Waals surface area (Å²) in [4.78, 5) is 0. The molecule has 2 N–H and O–H groups in total. The van der Waals surface area contributed by atoms with Gasteiger partial charge in [-0.1, -0.05) is 133 Å². The Bertz CT molecular complexity index is 2000. The van der Waals surface area contributed by atoms with Crippen LogP contribution in [0.25, 0.3) is 44.3 Å². The van der Waals surface area contributed by atoms with Crippen LogP contribution in [0.15, 0.2) is 164 Å². The van der Waals surface area contributed by atoms with Crippen LogP contribution in [0.4, 0.5) is 0 Å². The maximum absolute atomic E-state index is 3.83. The molecule has 43 heavy (non-hydrogen) atoms. The van der Waals surface area contributed by atoms with Crippen LogP contribution < -0.4 is 10.6 Å². The third-order valence-corrected chi connectivity index (χ3v) is 8.51. The van der Waals surface area contributed by atoms with Gasteiger partial charge in [-0.05, 0) is 58.2 Å². The molecule has 2 unspecified atom stereocenters. The smallest absolute Gasteiger partial charge is 0.104 e. The zero-order chi connectivity index (χ0) is 28.6. The molecular formula is C40H31N3. The topological polar surface area (TPSA) is 29.0 Å². The van der Waals surface area contributed by atoms with E-state index in [2.05, 4.69) is 179 Å². The molecule has 2 atom stereocenters. The summed E-state index contributed by atoms with van der Waals surface area (Å²) < 4.78 is 2.36. The van der Waals surface area contributed by atoms with E-state index in [1.807, 2.05) is 0 Å². The highest BCUT2D eigenvalue weighted by Crippen LogP contribution is 2.34. The number of benzene rings is 6. The number of nitrogens with one attached hydrogen (secondary N) is 2. The Labute approximate surface area is 251 Å². The summed E-state index contributed by atoms with van der Waals surface area (Å²) in [7, 11) is 0. The average molecular weight is 554 g/mol. The number of hydrogen-bond donors (Lipinski definition) is 2. The van der Waals surface area contributed by atoms with E-state index in [9.17, 15) is 0 Å². The number of para-hydroxylation sites is 2. The number of rotatable bonds is 5. The maximum atomic E-state index is 3.83. The minimum Gasteiger partial charge on any atom is -0.366 e. The first-order valence-corrected chi connectivity index (χ1v) is 14.9. The minimum atomic E-state index is -0.0167. The molecule has 0 saturated heterocycles. The number of aromatic nitrogens is 1. The predicted octanol–water partition coefficient (Wildman–Crippen LogP) is 9.42. The molecule has 0 aliphatic carbocycles. The van der Waals surface area contributed by atoms with Gasteiger partial charge in [-0.15, -0.1) is 0 Å². The number of hydrogen-bond acceptors (Lipinski definition) is 2. The van der Waals surface area contributed by atoms with E-state index in [0.29, 0.717) is 0 Å². The lowest BCUT2D eigenvalue weighted by Crippen LogP contribution is -2.39. The molecule has 6 aromatic carbocycles. The second kappa shape index (κ2) is 10.8. The van der Waals surface area contributed by atoms with Crippen LogP contribution in [-0.2, 0) is 0 Å². The molecule has 2 heterocycles. The van der Waals surface area contributed by atoms with E-state index in [1.165, 1.54) is 44.1 Å². The van der Waals surface area contributed by atoms with Gasteiger partial charge in [0.2, 0.25) is 0 Å². The molecular weight excluding hydrogens is 522 g/mol. The Balaban J connectivity index is 1.16. The van der Waals surface area contributed by atoms with E-state index in [-0.39, 0.29) is 12.2 Å². The summed E-state index contributed by atoms with van der Waals surface area (Å²) in [6.07, 6.45) is 2.30. The zero-order valence-electron chi connectivity index (χ0n) is 23.7. The average Bonchev–Trinajstić information content (AvgIpc) is 3.43. The lowest BCUT2D eigenvalue weighted by atomic mass is 9.96. The molecule has 0 spiro atoms. The van der Waals surface area contributed by atoms with E-state index in [1.54, 1.807) is 0 Å². The summed E-state index contributed by atoms with van der Waals surface area (Å²) in [6, 6.07) is 56.4. The number of fused-ring (bicyclic) bond motifs is 3. The summed E-state index contributed by atoms with van der Waals surface area (Å²) in [5.41, 5.74) is 10.8. The normalized spacial score (nSPS) is 16.6. The first-order chi connectivity index (χ1) is 21.3. The van der Waals surface area contributed by atoms with E-state index in [4.69, 9.17) is 0 Å². The van der Waals surface area contributed by atoms with Crippen molar-refractivity contribution < 1.29 is 0 Å². The minimum absolute atomic E-state index is 0.0167. The van der Waals surface area contributed by atoms with E-state index < -0.39 is 0 Å². The molecule has 3 nitrogen and oxygen atoms in total. The Kier molecular flexibility index (Phi) is 6.36. The van der Waals surface area contributed by atoms with E-state index in [0.717, 1.165) is 16.9 Å². The van der Waals surface area contributed by atoms with Crippen LogP contribution in [0.2, 0.25) is 0 Å². The molecule has 0 bridgehead atoms. The highest BCUT2D eigenvalue weighted by Gasteiger charge is 2.24. The summed E-state index contributed by atoms with van der Waals surface area (Å²) in [5, 5.41) is 10.2. The monoisotopic (exact) mass is 553 g/mol. The van der Waals surface area contributed by atoms with E-state index >= 15 is 0 Å². The van der Waals surface area contributed by atoms with Crippen LogP contribution in [0.1, 0.15) is 28.9 Å². The van der Waals surface area contributed by atoms with Gasteiger partial charge in [0.15, 0.2) is 0 Å². The fraction of sp³-hybridized carbons (Fsp3) is 0.0500. The highest BCUT2D eigenvalue weighted by molar-refractivity contribution is 6.09. The molecule has 1 aromatic heterocycles. The predicted molar refractivity (Wildman–Crippen MR) is 179 cm³/mol. The lowest BCUT2D eigenvalue weighted by Gasteiger charge is -2.33. The summed E-state index contributed by atoms with van der Waals surface area (Å²) in [6.45, 7) is 0. The molecule has 206 valence electrons. The fourth-order valence-corrected chi connectivity index (χ4v) is 6.34. The first kappa shape index (κ1) is 25.3. The second-order valence-electron chi connectivity index (χ2n) is 11.1. The number of nitrogens with zero attached hydrogens (tertiary/aromatic N) is 1. The van der Waals surface area contributed by atoms with Crippen molar-refractivity contribution in [2.45, 2.75) is 12.2 Å². The van der Waals surface area contributed by atoms with Gasteiger partial charge in [-0.2, -0.15) is 0 Å². The molecule has 8 rings (SSSR count). The van der Waals surface area contributed by atoms with Crippen molar-refractivity contribution in [1.82, 2.24) is 15.2 Å². The van der Waals surface area contributed by atoms with Gasteiger partial charge in [0.05, 0.1) is 17.1 Å². The van der Waals surface area contributed by atoms with Gasteiger partial charge in [-0.25, -0.2) is 0 Å². The third-order valence-electron chi connectivity index (χ3n) is 8.51. The van der Waals surface area contributed by atoms with Crippen LogP contribution in [0.3, 0.4) is 0 Å². The van der Waals surface area contributed by atoms with Gasteiger partial charge in [0, 0.05) is 22.2 Å². The van der Waals surface area contributed by atoms with Crippen molar-refractivity contribution >= 4 is 27.5 Å². The Morgan fingerprint density at radius 2 is 0.977 bits per heavy atom. The van der Waals surface area contributed by atoms with Crippen molar-refractivity contribution in [3.05, 3.63) is 180 Å². The molecule has 0 saturated carbocycles. The highest BCUT2D eigenvalue weighted by atomic mass is 15.2. The van der Waals surface area contributed by atoms with Crippen molar-refractivity contribution in [3.63, 3.8) is 0 Å². The molecule has 0 fully saturated rings. The van der Waals surface area contributed by atoms with Gasteiger partial charge in [0.25, 0.3) is 0 Å². The third kappa shape index (κ3) is 4.70. The summed E-state index contributed by atoms with van der Waals surface area (Å²) in [5.74, 6) is 0. The van der Waals surface area contributed by atoms with Crippen LogP contribution in [-0.4, -0.2) is 4.57 Å². The maximum Gasteiger partial charge on any atom is 0.104 e. The SMILES string of the molecule is C1=C(c2ccc(-n3c4ccccc4c4ccccc43)cc2)NC(c2ccccc2)NC1c1ccc(-c2ccccc2)cc1. The molecule has 1 aliphatic heterocycles.